The number of carbonyl (C=O) groups excluding carboxylic acids is 1. The van der Waals surface area contributed by atoms with Crippen molar-refractivity contribution < 1.29 is 13.9 Å². The second-order valence-electron chi connectivity index (χ2n) is 10.8. The third-order valence-corrected chi connectivity index (χ3v) is 8.43. The zero-order valence-electron chi connectivity index (χ0n) is 23.4. The highest BCUT2D eigenvalue weighted by molar-refractivity contribution is 6.31. The summed E-state index contributed by atoms with van der Waals surface area (Å²) in [7, 11) is 0. The Morgan fingerprint density at radius 1 is 1.02 bits per heavy atom. The zero-order chi connectivity index (χ0) is 29.8. The molecule has 6 rings (SSSR count). The van der Waals surface area contributed by atoms with Crippen molar-refractivity contribution in [3.05, 3.63) is 130 Å². The maximum atomic E-state index is 13.8. The van der Waals surface area contributed by atoms with Crippen molar-refractivity contribution in [3.8, 4) is 16.8 Å². The Bertz CT molecular complexity index is 1710. The minimum absolute atomic E-state index is 0.208. The predicted octanol–water partition coefficient (Wildman–Crippen LogP) is 5.67. The molecule has 1 unspecified atom stereocenters. The van der Waals surface area contributed by atoms with E-state index in [1.807, 2.05) is 42.5 Å². The molecule has 0 radical (unpaired) electrons. The average Bonchev–Trinajstić information content (AvgIpc) is 3.59. The molecule has 5 aromatic rings. The number of amides is 1. The first kappa shape index (κ1) is 28.5. The maximum absolute atomic E-state index is 13.8. The van der Waals surface area contributed by atoms with Gasteiger partial charge < -0.3 is 10.1 Å². The maximum Gasteiger partial charge on any atom is 0.253 e. The third-order valence-electron chi connectivity index (χ3n) is 8.20. The minimum atomic E-state index is -0.953. The van der Waals surface area contributed by atoms with Crippen molar-refractivity contribution in [2.75, 3.05) is 19.8 Å². The van der Waals surface area contributed by atoms with Crippen LogP contribution in [0.4, 0.5) is 4.39 Å². The molecule has 0 bridgehead atoms. The predicted molar refractivity (Wildman–Crippen MR) is 162 cm³/mol. The number of hydrogen-bond acceptors (Lipinski definition) is 5. The van der Waals surface area contributed by atoms with E-state index < -0.39 is 12.6 Å². The van der Waals surface area contributed by atoms with Gasteiger partial charge in [-0.25, -0.2) is 4.39 Å². The number of aromatic nitrogens is 5. The van der Waals surface area contributed by atoms with Crippen molar-refractivity contribution in [2.45, 2.75) is 31.1 Å². The molecule has 0 N–H and O–H groups in total. The third kappa shape index (κ3) is 6.27. The highest BCUT2D eigenvalue weighted by Crippen LogP contribution is 2.34. The van der Waals surface area contributed by atoms with Crippen LogP contribution in [0.5, 0.6) is 0 Å². The number of hydrogen-bond donors (Lipinski definition) is 0. The Balaban J connectivity index is 1.35. The fourth-order valence-electron chi connectivity index (χ4n) is 5.95. The van der Waals surface area contributed by atoms with E-state index in [2.05, 4.69) is 45.9 Å². The summed E-state index contributed by atoms with van der Waals surface area (Å²) in [6.07, 6.45) is 5.27. The Morgan fingerprint density at radius 3 is 2.56 bits per heavy atom. The highest BCUT2D eigenvalue weighted by atomic mass is 35.5. The molecule has 3 heterocycles. The van der Waals surface area contributed by atoms with Gasteiger partial charge in [0.05, 0.1) is 11.6 Å². The lowest BCUT2D eigenvalue weighted by atomic mass is 9.84. The number of halogens is 2. The average molecular weight is 597 g/mol. The van der Waals surface area contributed by atoms with Crippen LogP contribution in [0.2, 0.25) is 5.02 Å². The smallest absolute Gasteiger partial charge is 0.253 e. The first-order chi connectivity index (χ1) is 21.0. The van der Waals surface area contributed by atoms with Crippen LogP contribution in [0.3, 0.4) is 0 Å². The van der Waals surface area contributed by atoms with E-state index in [0.717, 1.165) is 34.3 Å². The number of piperidine rings is 1. The van der Waals surface area contributed by atoms with E-state index in [1.165, 1.54) is 16.6 Å². The lowest BCUT2D eigenvalue weighted by Gasteiger charge is -2.32. The van der Waals surface area contributed by atoms with Gasteiger partial charge in [0.1, 0.15) is 6.33 Å². The van der Waals surface area contributed by atoms with E-state index in [1.54, 1.807) is 23.2 Å². The number of rotatable bonds is 8. The van der Waals surface area contributed by atoms with Gasteiger partial charge in [-0.1, -0.05) is 66.2 Å². The molecular weight excluding hydrogens is 567 g/mol. The topological polar surface area (TPSA) is 90.9 Å². The molecule has 2 aromatic heterocycles. The van der Waals surface area contributed by atoms with Crippen LogP contribution in [-0.2, 0) is 11.2 Å². The summed E-state index contributed by atoms with van der Waals surface area (Å²) >= 11 is 6.35. The molecule has 1 fully saturated rings. The number of pyridine rings is 1. The Hall–Kier alpha value is -4.63. The van der Waals surface area contributed by atoms with Crippen LogP contribution >= 0.6 is 11.6 Å². The monoisotopic (exact) mass is 596 g/mol. The van der Waals surface area contributed by atoms with Crippen LogP contribution in [0, 0.1) is 5.21 Å². The first-order valence-corrected chi connectivity index (χ1v) is 14.6. The number of benzene rings is 3. The fourth-order valence-corrected chi connectivity index (χ4v) is 6.12. The summed E-state index contributed by atoms with van der Waals surface area (Å²) in [6, 6.07) is 27.7. The van der Waals surface area contributed by atoms with Crippen LogP contribution in [-0.4, -0.2) is 50.8 Å². The van der Waals surface area contributed by atoms with Gasteiger partial charge in [-0.15, -0.1) is 5.10 Å². The molecule has 10 heteroatoms. The Morgan fingerprint density at radius 2 is 1.84 bits per heavy atom. The van der Waals surface area contributed by atoms with Gasteiger partial charge in [-0.3, -0.25) is 4.79 Å². The van der Waals surface area contributed by atoms with E-state index in [9.17, 15) is 14.4 Å². The van der Waals surface area contributed by atoms with Crippen LogP contribution in [0.15, 0.2) is 97.5 Å². The van der Waals surface area contributed by atoms with E-state index in [0.29, 0.717) is 41.5 Å². The summed E-state index contributed by atoms with van der Waals surface area (Å²) in [5.41, 5.74) is 6.08. The van der Waals surface area contributed by atoms with Crippen LogP contribution in [0.1, 0.15) is 47.1 Å². The van der Waals surface area contributed by atoms with Crippen LogP contribution in [0.25, 0.3) is 16.8 Å². The molecule has 43 heavy (non-hydrogen) atoms. The summed E-state index contributed by atoms with van der Waals surface area (Å²) in [5.74, 6) is -0.392. The molecule has 8 nitrogen and oxygen atoms in total. The van der Waals surface area contributed by atoms with E-state index in [4.69, 9.17) is 11.6 Å². The van der Waals surface area contributed by atoms with Crippen molar-refractivity contribution >= 4 is 17.5 Å². The molecule has 0 spiro atoms. The second kappa shape index (κ2) is 12.7. The van der Waals surface area contributed by atoms with E-state index >= 15 is 0 Å². The second-order valence-corrected chi connectivity index (χ2v) is 11.2. The molecule has 1 aliphatic rings. The Kier molecular flexibility index (Phi) is 8.42. The largest absolute Gasteiger partial charge is 0.618 e. The molecule has 1 amide bonds. The number of likely N-dealkylation sites (tertiary alicyclic amines) is 1. The number of tetrazole rings is 1. The lowest BCUT2D eigenvalue weighted by molar-refractivity contribution is -0.614. The van der Waals surface area contributed by atoms with Gasteiger partial charge in [-0.05, 0) is 76.6 Å². The minimum Gasteiger partial charge on any atom is -0.618 e. The normalized spacial score (nSPS) is 14.5. The molecule has 3 aromatic carbocycles. The van der Waals surface area contributed by atoms with Crippen molar-refractivity contribution in [1.29, 1.82) is 0 Å². The van der Waals surface area contributed by atoms with Gasteiger partial charge in [0.2, 0.25) is 5.69 Å². The molecule has 1 saturated heterocycles. The first-order valence-electron chi connectivity index (χ1n) is 14.2. The van der Waals surface area contributed by atoms with Gasteiger partial charge in [0.15, 0.2) is 12.9 Å². The van der Waals surface area contributed by atoms with Gasteiger partial charge in [-0.2, -0.15) is 9.41 Å². The molecule has 1 aliphatic heterocycles. The molecule has 1 atom stereocenters. The summed E-state index contributed by atoms with van der Waals surface area (Å²) in [5, 5.41) is 25.8. The SMILES string of the molecule is O=C(CF)N1CCC(c2cccc(C(Cc3ccccc3)c3ccc(-c4cc(Cl)ccc4-n4cnnn4)c[n+]3[O-])c2)CC1. The summed E-state index contributed by atoms with van der Waals surface area (Å²) < 4.78 is 15.4. The fraction of sp³-hybridized carbons (Fsp3) is 0.242. The summed E-state index contributed by atoms with van der Waals surface area (Å²) in [4.78, 5) is 13.4. The number of carbonyl (C=O) groups is 1. The standard InChI is InChI=1S/C33H30ClFN6O2/c34-28-10-12-31(40-22-36-37-38-40)30(19-28)27-9-11-32(41(43)21-27)29(17-23-5-2-1-3-6-23)26-8-4-7-25(18-26)24-13-15-39(16-14-24)33(42)20-35/h1-12,18-19,21-22,24,29H,13-17,20H2. The Labute approximate surface area is 253 Å². The number of nitrogens with zero attached hydrogens (tertiary/aromatic N) is 6. The molecule has 218 valence electrons. The van der Waals surface area contributed by atoms with Crippen molar-refractivity contribution in [3.63, 3.8) is 0 Å². The van der Waals surface area contributed by atoms with Gasteiger partial charge >= 0.3 is 0 Å². The van der Waals surface area contributed by atoms with E-state index in [-0.39, 0.29) is 11.8 Å². The van der Waals surface area contributed by atoms with Gasteiger partial charge in [0, 0.05) is 35.3 Å². The summed E-state index contributed by atoms with van der Waals surface area (Å²) in [6.45, 7) is 0.137. The quantitative estimate of drug-likeness (QED) is 0.170. The highest BCUT2D eigenvalue weighted by Gasteiger charge is 2.27. The lowest BCUT2D eigenvalue weighted by Crippen LogP contribution is -2.38. The van der Waals surface area contributed by atoms with Crippen molar-refractivity contribution in [2.24, 2.45) is 0 Å². The van der Waals surface area contributed by atoms with Crippen molar-refractivity contribution in [1.82, 2.24) is 25.1 Å². The number of alkyl halides is 1. The van der Waals surface area contributed by atoms with Crippen LogP contribution < -0.4 is 4.73 Å². The molecular formula is C33H30ClFN6O2. The zero-order valence-corrected chi connectivity index (χ0v) is 24.1. The molecule has 0 saturated carbocycles. The van der Waals surface area contributed by atoms with Gasteiger partial charge in [0.25, 0.3) is 5.91 Å². The molecule has 0 aliphatic carbocycles.